The van der Waals surface area contributed by atoms with E-state index in [-0.39, 0.29) is 35.2 Å². The van der Waals surface area contributed by atoms with E-state index in [0.717, 1.165) is 31.5 Å². The molecule has 172 valence electrons. The lowest BCUT2D eigenvalue weighted by Crippen LogP contribution is -2.44. The van der Waals surface area contributed by atoms with Crippen molar-refractivity contribution in [1.29, 1.82) is 0 Å². The van der Waals surface area contributed by atoms with Crippen LogP contribution in [0.15, 0.2) is 23.2 Å². The van der Waals surface area contributed by atoms with Crippen molar-refractivity contribution in [2.24, 2.45) is 10.9 Å². The second kappa shape index (κ2) is 11.8. The van der Waals surface area contributed by atoms with Gasteiger partial charge in [-0.25, -0.2) is 17.1 Å². The Morgan fingerprint density at radius 1 is 1.30 bits per heavy atom. The lowest BCUT2D eigenvalue weighted by molar-refractivity contribution is 0.275. The number of hydrogen-bond acceptors (Lipinski definition) is 3. The summed E-state index contributed by atoms with van der Waals surface area (Å²) in [6.07, 6.45) is 2.92. The lowest BCUT2D eigenvalue weighted by atomic mass is 9.84. The number of benzene rings is 1. The molecular formula is C20H33ClFIN4O2S. The van der Waals surface area contributed by atoms with E-state index in [1.54, 1.807) is 6.07 Å². The number of rotatable bonds is 7. The zero-order chi connectivity index (χ0) is 21.7. The molecule has 0 saturated carbocycles. The fourth-order valence-corrected chi connectivity index (χ4v) is 4.73. The Morgan fingerprint density at radius 2 is 1.93 bits per heavy atom. The Labute approximate surface area is 202 Å². The third kappa shape index (κ3) is 8.12. The summed E-state index contributed by atoms with van der Waals surface area (Å²) in [5.74, 6) is 0.760. The fraction of sp³-hybridized carbons (Fsp3) is 0.650. The number of nitrogens with zero attached hydrogens (tertiary/aromatic N) is 2. The number of aliphatic imine (C=N–C) groups is 1. The molecule has 0 spiro atoms. The minimum Gasteiger partial charge on any atom is -0.357 e. The number of halogens is 3. The van der Waals surface area contributed by atoms with Gasteiger partial charge < -0.3 is 10.6 Å². The average molecular weight is 575 g/mol. The zero-order valence-electron chi connectivity index (χ0n) is 18.0. The maximum absolute atomic E-state index is 13.3. The van der Waals surface area contributed by atoms with Gasteiger partial charge in [0.25, 0.3) is 0 Å². The molecule has 0 radical (unpaired) electrons. The van der Waals surface area contributed by atoms with Crippen molar-refractivity contribution in [2.45, 2.75) is 39.0 Å². The summed E-state index contributed by atoms with van der Waals surface area (Å²) in [7, 11) is -3.10. The number of sulfonamides is 1. The molecule has 30 heavy (non-hydrogen) atoms. The first-order chi connectivity index (χ1) is 13.5. The minimum atomic E-state index is -3.10. The van der Waals surface area contributed by atoms with Gasteiger partial charge >= 0.3 is 0 Å². The Morgan fingerprint density at radius 3 is 2.47 bits per heavy atom. The minimum absolute atomic E-state index is 0. The first-order valence-electron chi connectivity index (χ1n) is 9.95. The van der Waals surface area contributed by atoms with E-state index in [4.69, 9.17) is 16.6 Å². The van der Waals surface area contributed by atoms with Crippen LogP contribution in [0.1, 0.15) is 39.2 Å². The van der Waals surface area contributed by atoms with E-state index >= 15 is 0 Å². The van der Waals surface area contributed by atoms with Crippen LogP contribution in [-0.2, 0) is 15.4 Å². The second-order valence-corrected chi connectivity index (χ2v) is 10.6. The SMILES string of the molecule is CCNC(=NCC(C)(C)c1ccc(F)cc1Cl)NCC1CCN(S(C)(=O)=O)CC1.I. The third-order valence-corrected chi connectivity index (χ3v) is 6.85. The van der Waals surface area contributed by atoms with Crippen LogP contribution in [-0.4, -0.2) is 57.7 Å². The van der Waals surface area contributed by atoms with Crippen LogP contribution in [0.3, 0.4) is 0 Å². The molecule has 1 aliphatic heterocycles. The van der Waals surface area contributed by atoms with Crippen LogP contribution in [0.5, 0.6) is 0 Å². The molecule has 0 amide bonds. The molecule has 2 rings (SSSR count). The van der Waals surface area contributed by atoms with Gasteiger partial charge in [0.2, 0.25) is 10.0 Å². The highest BCUT2D eigenvalue weighted by molar-refractivity contribution is 14.0. The Balaban J connectivity index is 0.00000450. The van der Waals surface area contributed by atoms with E-state index in [1.165, 1.54) is 22.7 Å². The van der Waals surface area contributed by atoms with E-state index in [1.807, 2.05) is 20.8 Å². The second-order valence-electron chi connectivity index (χ2n) is 8.19. The topological polar surface area (TPSA) is 73.8 Å². The van der Waals surface area contributed by atoms with Gasteiger partial charge in [-0.2, -0.15) is 0 Å². The predicted octanol–water partition coefficient (Wildman–Crippen LogP) is 3.60. The van der Waals surface area contributed by atoms with Crippen LogP contribution in [0.2, 0.25) is 5.02 Å². The third-order valence-electron chi connectivity index (χ3n) is 5.24. The standard InChI is InChI=1S/C20H32ClFN4O2S.HI/c1-5-23-19(24-13-15-8-10-26(11-9-15)29(4,27)28)25-14-20(2,3)17-7-6-16(22)12-18(17)21;/h6-7,12,15H,5,8-11,13-14H2,1-4H3,(H2,23,24,25);1H. The highest BCUT2D eigenvalue weighted by Crippen LogP contribution is 2.30. The summed E-state index contributed by atoms with van der Waals surface area (Å²) in [6.45, 7) is 9.14. The van der Waals surface area contributed by atoms with E-state index in [2.05, 4.69) is 10.6 Å². The van der Waals surface area contributed by atoms with E-state index < -0.39 is 10.0 Å². The molecule has 1 aliphatic rings. The predicted molar refractivity (Wildman–Crippen MR) is 133 cm³/mol. The van der Waals surface area contributed by atoms with Gasteiger partial charge in [-0.15, -0.1) is 24.0 Å². The first-order valence-corrected chi connectivity index (χ1v) is 12.2. The molecule has 0 unspecified atom stereocenters. The molecular weight excluding hydrogens is 542 g/mol. The highest BCUT2D eigenvalue weighted by atomic mass is 127. The molecule has 0 bridgehead atoms. The van der Waals surface area contributed by atoms with Gasteiger partial charge in [-0.3, -0.25) is 4.99 Å². The molecule has 0 aliphatic carbocycles. The number of piperidine rings is 1. The monoisotopic (exact) mass is 574 g/mol. The molecule has 10 heteroatoms. The maximum Gasteiger partial charge on any atom is 0.211 e. The van der Waals surface area contributed by atoms with Gasteiger partial charge in [-0.05, 0) is 43.4 Å². The first kappa shape index (κ1) is 27.4. The van der Waals surface area contributed by atoms with Crippen molar-refractivity contribution < 1.29 is 12.8 Å². The van der Waals surface area contributed by atoms with Gasteiger partial charge in [0.1, 0.15) is 5.82 Å². The molecule has 0 atom stereocenters. The quantitative estimate of drug-likeness (QED) is 0.297. The van der Waals surface area contributed by atoms with Crippen molar-refractivity contribution in [3.8, 4) is 0 Å². The summed E-state index contributed by atoms with van der Waals surface area (Å²) in [4.78, 5) is 4.70. The van der Waals surface area contributed by atoms with Crippen LogP contribution in [0.25, 0.3) is 0 Å². The van der Waals surface area contributed by atoms with Crippen LogP contribution in [0.4, 0.5) is 4.39 Å². The number of hydrogen-bond donors (Lipinski definition) is 2. The van der Waals surface area contributed by atoms with Crippen molar-refractivity contribution in [3.63, 3.8) is 0 Å². The van der Waals surface area contributed by atoms with Gasteiger partial charge in [0.05, 0.1) is 12.8 Å². The van der Waals surface area contributed by atoms with Crippen molar-refractivity contribution in [1.82, 2.24) is 14.9 Å². The largest absolute Gasteiger partial charge is 0.357 e. The summed E-state index contributed by atoms with van der Waals surface area (Å²) in [6, 6.07) is 4.46. The van der Waals surface area contributed by atoms with Crippen LogP contribution >= 0.6 is 35.6 Å². The Hall–Kier alpha value is -0.650. The molecule has 1 saturated heterocycles. The fourth-order valence-electron chi connectivity index (χ4n) is 3.43. The van der Waals surface area contributed by atoms with Crippen LogP contribution in [0, 0.1) is 11.7 Å². The molecule has 0 aromatic heterocycles. The highest BCUT2D eigenvalue weighted by Gasteiger charge is 2.26. The lowest BCUT2D eigenvalue weighted by Gasteiger charge is -2.30. The molecule has 2 N–H and O–H groups in total. The van der Waals surface area contributed by atoms with Gasteiger partial charge in [-0.1, -0.05) is 31.5 Å². The van der Waals surface area contributed by atoms with Crippen molar-refractivity contribution >= 4 is 51.6 Å². The summed E-state index contributed by atoms with van der Waals surface area (Å²) < 4.78 is 38.2. The summed E-state index contributed by atoms with van der Waals surface area (Å²) in [5.41, 5.74) is 0.502. The average Bonchev–Trinajstić information content (AvgIpc) is 2.63. The van der Waals surface area contributed by atoms with Crippen molar-refractivity contribution in [2.75, 3.05) is 39.0 Å². The van der Waals surface area contributed by atoms with Crippen LogP contribution < -0.4 is 10.6 Å². The van der Waals surface area contributed by atoms with Gasteiger partial charge in [0, 0.05) is 36.6 Å². The van der Waals surface area contributed by atoms with E-state index in [9.17, 15) is 12.8 Å². The molecule has 1 aromatic rings. The number of guanidine groups is 1. The molecule has 1 aromatic carbocycles. The Bertz CT molecular complexity index is 828. The normalized spacial score (nSPS) is 16.8. The molecule has 1 heterocycles. The van der Waals surface area contributed by atoms with Gasteiger partial charge in [0.15, 0.2) is 5.96 Å². The van der Waals surface area contributed by atoms with E-state index in [0.29, 0.717) is 36.5 Å². The van der Waals surface area contributed by atoms with Crippen molar-refractivity contribution in [3.05, 3.63) is 34.6 Å². The summed E-state index contributed by atoms with van der Waals surface area (Å²) in [5, 5.41) is 7.02. The Kier molecular flexibility index (Phi) is 10.8. The zero-order valence-corrected chi connectivity index (χ0v) is 21.9. The molecule has 6 nitrogen and oxygen atoms in total. The maximum atomic E-state index is 13.3. The smallest absolute Gasteiger partial charge is 0.211 e. The summed E-state index contributed by atoms with van der Waals surface area (Å²) >= 11 is 6.23. The molecule has 1 fully saturated rings. The number of nitrogens with one attached hydrogen (secondary N) is 2.